The predicted octanol–water partition coefficient (Wildman–Crippen LogP) is 4.09. The number of halogens is 3. The zero-order valence-corrected chi connectivity index (χ0v) is 16.3. The topological polar surface area (TPSA) is 125 Å². The van der Waals surface area contributed by atoms with Crippen molar-refractivity contribution in [2.75, 3.05) is 16.0 Å². The number of alkyl halides is 3. The highest BCUT2D eigenvalue weighted by Crippen LogP contribution is 2.33. The van der Waals surface area contributed by atoms with Gasteiger partial charge in [0.25, 0.3) is 5.91 Å². The third-order valence-electron chi connectivity index (χ3n) is 4.35. The van der Waals surface area contributed by atoms with Crippen molar-refractivity contribution in [2.24, 2.45) is 5.73 Å². The van der Waals surface area contributed by atoms with Gasteiger partial charge in [-0.25, -0.2) is 4.79 Å². The van der Waals surface area contributed by atoms with E-state index in [0.717, 1.165) is 11.6 Å². The molecule has 1 heterocycles. The maximum absolute atomic E-state index is 13.0. The maximum Gasteiger partial charge on any atom is 0.416 e. The molecule has 0 aliphatic rings. The SMILES string of the molecule is Cc1ccc(NC(=O)Nc2cccc(CNc3cn[nH]c3C(N)=O)c2)cc1C(F)(F)F. The van der Waals surface area contributed by atoms with E-state index in [-0.39, 0.29) is 16.9 Å². The van der Waals surface area contributed by atoms with Crippen LogP contribution in [0.2, 0.25) is 0 Å². The molecule has 11 heteroatoms. The smallest absolute Gasteiger partial charge is 0.378 e. The average molecular weight is 432 g/mol. The van der Waals surface area contributed by atoms with Crippen molar-refractivity contribution >= 4 is 29.0 Å². The van der Waals surface area contributed by atoms with Gasteiger partial charge in [-0.3, -0.25) is 9.89 Å². The van der Waals surface area contributed by atoms with Gasteiger partial charge in [0.15, 0.2) is 0 Å². The second kappa shape index (κ2) is 8.78. The molecular formula is C20H19F3N6O2. The molecule has 0 aliphatic heterocycles. The molecule has 8 nitrogen and oxygen atoms in total. The van der Waals surface area contributed by atoms with E-state index in [1.165, 1.54) is 25.3 Å². The number of aryl methyl sites for hydroxylation is 1. The van der Waals surface area contributed by atoms with Crippen molar-refractivity contribution in [3.05, 3.63) is 71.0 Å². The molecule has 3 rings (SSSR count). The number of carbonyl (C=O) groups is 2. The number of nitrogens with one attached hydrogen (secondary N) is 4. The Morgan fingerprint density at radius 1 is 1.10 bits per heavy atom. The Balaban J connectivity index is 1.64. The average Bonchev–Trinajstić information content (AvgIpc) is 3.16. The van der Waals surface area contributed by atoms with Gasteiger partial charge in [0.2, 0.25) is 0 Å². The molecule has 0 aliphatic carbocycles. The molecule has 0 fully saturated rings. The lowest BCUT2D eigenvalue weighted by Gasteiger charge is -2.13. The second-order valence-corrected chi connectivity index (χ2v) is 6.68. The van der Waals surface area contributed by atoms with Crippen molar-refractivity contribution in [3.8, 4) is 0 Å². The lowest BCUT2D eigenvalue weighted by atomic mass is 10.1. The van der Waals surface area contributed by atoms with Gasteiger partial charge >= 0.3 is 12.2 Å². The minimum Gasteiger partial charge on any atom is -0.378 e. The molecule has 0 saturated carbocycles. The minimum absolute atomic E-state index is 0.0205. The van der Waals surface area contributed by atoms with Crippen LogP contribution in [0, 0.1) is 6.92 Å². The Kier molecular flexibility index (Phi) is 6.14. The first kappa shape index (κ1) is 21.7. The molecule has 162 valence electrons. The first-order valence-electron chi connectivity index (χ1n) is 9.05. The van der Waals surface area contributed by atoms with E-state index < -0.39 is 23.7 Å². The van der Waals surface area contributed by atoms with E-state index >= 15 is 0 Å². The minimum atomic E-state index is -4.51. The summed E-state index contributed by atoms with van der Waals surface area (Å²) >= 11 is 0. The van der Waals surface area contributed by atoms with E-state index in [9.17, 15) is 22.8 Å². The van der Waals surface area contributed by atoms with Crippen molar-refractivity contribution in [2.45, 2.75) is 19.6 Å². The van der Waals surface area contributed by atoms with Gasteiger partial charge in [0.05, 0.1) is 17.4 Å². The summed E-state index contributed by atoms with van der Waals surface area (Å²) in [4.78, 5) is 23.5. The van der Waals surface area contributed by atoms with Crippen LogP contribution in [0.1, 0.15) is 27.2 Å². The van der Waals surface area contributed by atoms with E-state index in [4.69, 9.17) is 5.73 Å². The Hall–Kier alpha value is -4.02. The number of urea groups is 1. The van der Waals surface area contributed by atoms with Crippen LogP contribution >= 0.6 is 0 Å². The number of amides is 3. The number of aromatic amines is 1. The molecule has 0 bridgehead atoms. The largest absolute Gasteiger partial charge is 0.416 e. The quantitative estimate of drug-likeness (QED) is 0.402. The summed E-state index contributed by atoms with van der Waals surface area (Å²) in [6.45, 7) is 1.66. The molecular weight excluding hydrogens is 413 g/mol. The Bertz CT molecular complexity index is 1110. The fourth-order valence-electron chi connectivity index (χ4n) is 2.86. The molecule has 31 heavy (non-hydrogen) atoms. The van der Waals surface area contributed by atoms with Gasteiger partial charge in [-0.2, -0.15) is 18.3 Å². The normalized spacial score (nSPS) is 11.1. The number of rotatable bonds is 6. The third-order valence-corrected chi connectivity index (χ3v) is 4.35. The number of primary amides is 1. The van der Waals surface area contributed by atoms with Gasteiger partial charge in [0, 0.05) is 17.9 Å². The zero-order valence-electron chi connectivity index (χ0n) is 16.3. The van der Waals surface area contributed by atoms with Crippen molar-refractivity contribution in [1.82, 2.24) is 10.2 Å². The molecule has 0 unspecified atom stereocenters. The number of carbonyl (C=O) groups excluding carboxylic acids is 2. The number of hydrogen-bond donors (Lipinski definition) is 5. The third kappa shape index (κ3) is 5.53. The lowest BCUT2D eigenvalue weighted by Crippen LogP contribution is -2.20. The van der Waals surface area contributed by atoms with E-state index in [2.05, 4.69) is 26.1 Å². The number of aromatic nitrogens is 2. The van der Waals surface area contributed by atoms with Gasteiger partial charge in [0.1, 0.15) is 5.69 Å². The highest BCUT2D eigenvalue weighted by molar-refractivity contribution is 6.00. The van der Waals surface area contributed by atoms with Crippen LogP contribution in [-0.4, -0.2) is 22.1 Å². The molecule has 0 saturated heterocycles. The molecule has 1 aromatic heterocycles. The molecule has 0 atom stereocenters. The van der Waals surface area contributed by atoms with Crippen LogP contribution in [0.5, 0.6) is 0 Å². The van der Waals surface area contributed by atoms with Crippen LogP contribution in [0.25, 0.3) is 0 Å². The highest BCUT2D eigenvalue weighted by Gasteiger charge is 2.32. The number of H-pyrrole nitrogens is 1. The van der Waals surface area contributed by atoms with Crippen LogP contribution in [0.3, 0.4) is 0 Å². The monoisotopic (exact) mass is 432 g/mol. The van der Waals surface area contributed by atoms with E-state index in [1.807, 2.05) is 0 Å². The second-order valence-electron chi connectivity index (χ2n) is 6.68. The summed E-state index contributed by atoms with van der Waals surface area (Å²) in [5.74, 6) is -0.656. The number of anilines is 3. The van der Waals surface area contributed by atoms with Crippen molar-refractivity contribution < 1.29 is 22.8 Å². The number of benzene rings is 2. The van der Waals surface area contributed by atoms with Crippen molar-refractivity contribution in [1.29, 1.82) is 0 Å². The number of nitrogens with zero attached hydrogens (tertiary/aromatic N) is 1. The lowest BCUT2D eigenvalue weighted by molar-refractivity contribution is -0.138. The fourth-order valence-corrected chi connectivity index (χ4v) is 2.86. The van der Waals surface area contributed by atoms with Gasteiger partial charge < -0.3 is 21.7 Å². The summed E-state index contributed by atoms with van der Waals surface area (Å²) in [7, 11) is 0. The summed E-state index contributed by atoms with van der Waals surface area (Å²) in [6.07, 6.45) is -3.09. The number of nitrogens with two attached hydrogens (primary N) is 1. The van der Waals surface area contributed by atoms with Gasteiger partial charge in [-0.15, -0.1) is 0 Å². The van der Waals surface area contributed by atoms with Gasteiger partial charge in [-0.1, -0.05) is 18.2 Å². The number of hydrogen-bond acceptors (Lipinski definition) is 4. The Morgan fingerprint density at radius 2 is 1.81 bits per heavy atom. The van der Waals surface area contributed by atoms with E-state index in [0.29, 0.717) is 17.9 Å². The summed E-state index contributed by atoms with van der Waals surface area (Å²) in [5, 5.41) is 14.2. The molecule has 2 aromatic carbocycles. The molecule has 6 N–H and O–H groups in total. The fraction of sp³-hybridized carbons (Fsp3) is 0.150. The van der Waals surface area contributed by atoms with Crippen molar-refractivity contribution in [3.63, 3.8) is 0 Å². The highest BCUT2D eigenvalue weighted by atomic mass is 19.4. The van der Waals surface area contributed by atoms with E-state index in [1.54, 1.807) is 24.3 Å². The van der Waals surface area contributed by atoms with Crippen LogP contribution in [-0.2, 0) is 12.7 Å². The predicted molar refractivity (Wildman–Crippen MR) is 110 cm³/mol. The molecule has 0 radical (unpaired) electrons. The molecule has 0 spiro atoms. The van der Waals surface area contributed by atoms with Crippen LogP contribution in [0.4, 0.5) is 35.0 Å². The summed E-state index contributed by atoms with van der Waals surface area (Å²) < 4.78 is 39.1. The summed E-state index contributed by atoms with van der Waals surface area (Å²) in [5.41, 5.74) is 6.30. The standard InChI is InChI=1S/C20H19F3N6O2/c1-11-5-6-14(8-15(11)20(21,22)23)28-19(31)27-13-4-2-3-12(7-13)9-25-16-10-26-29-17(16)18(24)30/h2-8,10,25H,9H2,1H3,(H2,24,30)(H,26,29)(H2,27,28,31). The Labute approximate surface area is 175 Å². The summed E-state index contributed by atoms with van der Waals surface area (Å²) in [6, 6.07) is 9.68. The van der Waals surface area contributed by atoms with Gasteiger partial charge in [-0.05, 0) is 42.3 Å². The first-order chi connectivity index (χ1) is 14.6. The van der Waals surface area contributed by atoms with Crippen LogP contribution < -0.4 is 21.7 Å². The zero-order chi connectivity index (χ0) is 22.6. The first-order valence-corrected chi connectivity index (χ1v) is 9.05. The molecule has 3 aromatic rings. The maximum atomic E-state index is 13.0. The Morgan fingerprint density at radius 3 is 2.48 bits per heavy atom. The molecule has 3 amide bonds. The van der Waals surface area contributed by atoms with Crippen LogP contribution in [0.15, 0.2) is 48.7 Å².